The molecule has 0 bridgehead atoms. The second-order valence-corrected chi connectivity index (χ2v) is 6.00. The molecule has 3 rings (SSSR count). The summed E-state index contributed by atoms with van der Waals surface area (Å²) >= 11 is 5.87. The molecule has 26 heavy (non-hydrogen) atoms. The minimum Gasteiger partial charge on any atom is -0.495 e. The minimum absolute atomic E-state index is 0.244. The number of nitrogens with one attached hydrogen (secondary N) is 2. The van der Waals surface area contributed by atoms with E-state index >= 15 is 0 Å². The first kappa shape index (κ1) is 17.8. The van der Waals surface area contributed by atoms with Gasteiger partial charge in [-0.3, -0.25) is 4.79 Å². The molecule has 1 aromatic heterocycles. The number of hydrogen-bond donors (Lipinski definition) is 2. The Morgan fingerprint density at radius 3 is 2.54 bits per heavy atom. The number of anilines is 2. The third-order valence-electron chi connectivity index (χ3n) is 3.77. The maximum atomic E-state index is 12.4. The van der Waals surface area contributed by atoms with Crippen LogP contribution >= 0.6 is 11.6 Å². The molecule has 0 saturated heterocycles. The lowest BCUT2D eigenvalue weighted by atomic mass is 10.2. The average molecular weight is 368 g/mol. The van der Waals surface area contributed by atoms with Crippen molar-refractivity contribution in [1.29, 1.82) is 0 Å². The zero-order valence-electron chi connectivity index (χ0n) is 14.2. The van der Waals surface area contributed by atoms with Gasteiger partial charge in [-0.05, 0) is 42.0 Å². The summed E-state index contributed by atoms with van der Waals surface area (Å²) in [5.41, 5.74) is 2.17. The van der Waals surface area contributed by atoms with Gasteiger partial charge in [0.1, 0.15) is 11.6 Å². The van der Waals surface area contributed by atoms with Crippen LogP contribution in [0.5, 0.6) is 5.75 Å². The van der Waals surface area contributed by atoms with Gasteiger partial charge < -0.3 is 15.4 Å². The van der Waals surface area contributed by atoms with Gasteiger partial charge in [0.25, 0.3) is 5.91 Å². The quantitative estimate of drug-likeness (QED) is 0.668. The number of ether oxygens (including phenoxy) is 1. The number of nitrogens with zero attached hydrogens (tertiary/aromatic N) is 1. The molecule has 3 aromatic rings. The largest absolute Gasteiger partial charge is 0.495 e. The van der Waals surface area contributed by atoms with Crippen molar-refractivity contribution in [1.82, 2.24) is 4.98 Å². The first-order chi connectivity index (χ1) is 12.7. The number of aromatic nitrogens is 1. The fraction of sp³-hybridized carbons (Fsp3) is 0.100. The summed E-state index contributed by atoms with van der Waals surface area (Å²) in [7, 11) is 1.56. The first-order valence-corrected chi connectivity index (χ1v) is 8.42. The highest BCUT2D eigenvalue weighted by Crippen LogP contribution is 2.23. The van der Waals surface area contributed by atoms with E-state index in [1.165, 1.54) is 6.20 Å². The summed E-state index contributed by atoms with van der Waals surface area (Å²) in [6, 6.07) is 18.3. The number of carbonyl (C=O) groups excluding carboxylic acids is 1. The van der Waals surface area contributed by atoms with Crippen molar-refractivity contribution in [2.75, 3.05) is 17.7 Å². The fourth-order valence-electron chi connectivity index (χ4n) is 2.37. The van der Waals surface area contributed by atoms with Crippen LogP contribution in [-0.2, 0) is 6.54 Å². The Labute approximate surface area is 157 Å². The van der Waals surface area contributed by atoms with Crippen LogP contribution < -0.4 is 15.4 Å². The van der Waals surface area contributed by atoms with Crippen LogP contribution in [0.2, 0.25) is 5.02 Å². The summed E-state index contributed by atoms with van der Waals surface area (Å²) in [5.74, 6) is 1.05. The van der Waals surface area contributed by atoms with Crippen molar-refractivity contribution in [2.24, 2.45) is 0 Å². The van der Waals surface area contributed by atoms with E-state index in [1.807, 2.05) is 36.4 Å². The van der Waals surface area contributed by atoms with E-state index < -0.39 is 0 Å². The minimum atomic E-state index is -0.244. The molecule has 2 N–H and O–H groups in total. The molecule has 2 aromatic carbocycles. The Morgan fingerprint density at radius 1 is 1.08 bits per heavy atom. The molecule has 6 heteroatoms. The van der Waals surface area contributed by atoms with Crippen molar-refractivity contribution >= 4 is 29.0 Å². The van der Waals surface area contributed by atoms with Gasteiger partial charge in [-0.2, -0.15) is 0 Å². The highest BCUT2D eigenvalue weighted by molar-refractivity contribution is 6.30. The molecule has 0 aliphatic carbocycles. The Bertz CT molecular complexity index is 880. The maximum Gasteiger partial charge on any atom is 0.257 e. The van der Waals surface area contributed by atoms with Crippen molar-refractivity contribution in [2.45, 2.75) is 6.54 Å². The summed E-state index contributed by atoms with van der Waals surface area (Å²) in [6.07, 6.45) is 1.54. The van der Waals surface area contributed by atoms with Crippen molar-refractivity contribution < 1.29 is 9.53 Å². The first-order valence-electron chi connectivity index (χ1n) is 8.04. The SMILES string of the molecule is COc1ccccc1NC(=O)c1ccc(NCc2ccc(Cl)cc2)nc1. The zero-order valence-corrected chi connectivity index (χ0v) is 15.0. The number of pyridine rings is 1. The topological polar surface area (TPSA) is 63.2 Å². The van der Waals surface area contributed by atoms with Crippen LogP contribution in [-0.4, -0.2) is 18.0 Å². The second kappa shape index (κ2) is 8.36. The van der Waals surface area contributed by atoms with E-state index in [9.17, 15) is 4.79 Å². The monoisotopic (exact) mass is 367 g/mol. The summed E-state index contributed by atoms with van der Waals surface area (Å²) in [4.78, 5) is 16.7. The van der Waals surface area contributed by atoms with Crippen molar-refractivity contribution in [3.05, 3.63) is 83.0 Å². The van der Waals surface area contributed by atoms with Crippen LogP contribution in [0.3, 0.4) is 0 Å². The zero-order chi connectivity index (χ0) is 18.4. The highest BCUT2D eigenvalue weighted by atomic mass is 35.5. The molecule has 0 radical (unpaired) electrons. The Balaban J connectivity index is 1.61. The van der Waals surface area contributed by atoms with Gasteiger partial charge in [0, 0.05) is 17.8 Å². The molecule has 0 spiro atoms. The Hall–Kier alpha value is -3.05. The van der Waals surface area contributed by atoms with Crippen LogP contribution in [0.15, 0.2) is 66.9 Å². The number of halogens is 1. The van der Waals surface area contributed by atoms with Crippen LogP contribution in [0, 0.1) is 0 Å². The van der Waals surface area contributed by atoms with Crippen LogP contribution in [0.25, 0.3) is 0 Å². The molecular weight excluding hydrogens is 350 g/mol. The molecule has 0 aliphatic heterocycles. The van der Waals surface area contributed by atoms with Gasteiger partial charge in [0.2, 0.25) is 0 Å². The Morgan fingerprint density at radius 2 is 1.85 bits per heavy atom. The van der Waals surface area contributed by atoms with E-state index in [0.717, 1.165) is 5.56 Å². The number of benzene rings is 2. The molecular formula is C20H18ClN3O2. The molecule has 1 amide bonds. The average Bonchev–Trinajstić information content (AvgIpc) is 2.68. The van der Waals surface area contributed by atoms with E-state index in [4.69, 9.17) is 16.3 Å². The van der Waals surface area contributed by atoms with E-state index in [0.29, 0.717) is 34.4 Å². The van der Waals surface area contributed by atoms with E-state index in [2.05, 4.69) is 15.6 Å². The molecule has 0 atom stereocenters. The lowest BCUT2D eigenvalue weighted by molar-refractivity contribution is 0.102. The van der Waals surface area contributed by atoms with Gasteiger partial charge in [0.15, 0.2) is 0 Å². The van der Waals surface area contributed by atoms with Crippen molar-refractivity contribution in [3.63, 3.8) is 0 Å². The molecule has 0 unspecified atom stereocenters. The highest BCUT2D eigenvalue weighted by Gasteiger charge is 2.09. The van der Waals surface area contributed by atoms with Gasteiger partial charge in [-0.15, -0.1) is 0 Å². The smallest absolute Gasteiger partial charge is 0.257 e. The van der Waals surface area contributed by atoms with Gasteiger partial charge >= 0.3 is 0 Å². The summed E-state index contributed by atoms with van der Waals surface area (Å²) in [6.45, 7) is 0.622. The van der Waals surface area contributed by atoms with Crippen LogP contribution in [0.1, 0.15) is 15.9 Å². The molecule has 0 fully saturated rings. The van der Waals surface area contributed by atoms with Crippen LogP contribution in [0.4, 0.5) is 11.5 Å². The van der Waals surface area contributed by atoms with Crippen molar-refractivity contribution in [3.8, 4) is 5.75 Å². The number of carbonyl (C=O) groups is 1. The summed E-state index contributed by atoms with van der Waals surface area (Å²) in [5, 5.41) is 6.74. The van der Waals surface area contributed by atoms with E-state index in [1.54, 1.807) is 31.4 Å². The fourth-order valence-corrected chi connectivity index (χ4v) is 2.50. The molecule has 5 nitrogen and oxygen atoms in total. The summed E-state index contributed by atoms with van der Waals surface area (Å²) < 4.78 is 5.23. The predicted octanol–water partition coefficient (Wildman–Crippen LogP) is 4.61. The molecule has 132 valence electrons. The lowest BCUT2D eigenvalue weighted by Crippen LogP contribution is -2.13. The second-order valence-electron chi connectivity index (χ2n) is 5.57. The van der Waals surface area contributed by atoms with E-state index in [-0.39, 0.29) is 5.91 Å². The molecule has 0 saturated carbocycles. The molecule has 0 aliphatic rings. The number of hydrogen-bond acceptors (Lipinski definition) is 4. The number of methoxy groups -OCH3 is 1. The Kier molecular flexibility index (Phi) is 5.71. The van der Waals surface area contributed by atoms with Gasteiger partial charge in [0.05, 0.1) is 18.4 Å². The third-order valence-corrected chi connectivity index (χ3v) is 4.02. The normalized spacial score (nSPS) is 10.2. The number of rotatable bonds is 6. The lowest BCUT2D eigenvalue weighted by Gasteiger charge is -2.10. The van der Waals surface area contributed by atoms with Gasteiger partial charge in [-0.25, -0.2) is 4.98 Å². The number of para-hydroxylation sites is 2. The van der Waals surface area contributed by atoms with Gasteiger partial charge in [-0.1, -0.05) is 35.9 Å². The standard InChI is InChI=1S/C20H18ClN3O2/c1-26-18-5-3-2-4-17(18)24-20(25)15-8-11-19(23-13-15)22-12-14-6-9-16(21)10-7-14/h2-11,13H,12H2,1H3,(H,22,23)(H,24,25). The molecule has 1 heterocycles. The number of amides is 1. The third kappa shape index (κ3) is 4.52. The predicted molar refractivity (Wildman–Crippen MR) is 104 cm³/mol. The maximum absolute atomic E-state index is 12.4.